The van der Waals surface area contributed by atoms with Crippen LogP contribution in [0, 0.1) is 5.92 Å². The molecule has 2 aliphatic rings. The van der Waals surface area contributed by atoms with Gasteiger partial charge in [-0.3, -0.25) is 19.5 Å². The molecule has 162 valence electrons. The predicted octanol–water partition coefficient (Wildman–Crippen LogP) is 3.17. The highest BCUT2D eigenvalue weighted by atomic mass is 32.2. The second-order valence-electron chi connectivity index (χ2n) is 8.15. The van der Waals surface area contributed by atoms with Gasteiger partial charge in [-0.2, -0.15) is 0 Å². The highest BCUT2D eigenvalue weighted by molar-refractivity contribution is 7.98. The van der Waals surface area contributed by atoms with Crippen LogP contribution in [0.3, 0.4) is 0 Å². The summed E-state index contributed by atoms with van der Waals surface area (Å²) in [5, 5.41) is 2.93. The van der Waals surface area contributed by atoms with Gasteiger partial charge in [-0.15, -0.1) is 11.8 Å². The lowest BCUT2D eigenvalue weighted by Crippen LogP contribution is -2.54. The van der Waals surface area contributed by atoms with Gasteiger partial charge in [0.1, 0.15) is 5.54 Å². The third-order valence-electron chi connectivity index (χ3n) is 6.33. The van der Waals surface area contributed by atoms with Gasteiger partial charge in [-0.1, -0.05) is 12.1 Å². The van der Waals surface area contributed by atoms with Gasteiger partial charge in [0, 0.05) is 30.4 Å². The van der Waals surface area contributed by atoms with E-state index in [0.717, 1.165) is 10.5 Å². The number of carbonyl (C=O) groups is 3. The maximum atomic E-state index is 13.2. The number of thioether (sulfide) groups is 1. The molecule has 8 heteroatoms. The molecule has 4 rings (SSSR count). The number of hydrogen-bond donors (Lipinski definition) is 1. The van der Waals surface area contributed by atoms with Crippen molar-refractivity contribution in [3.63, 3.8) is 0 Å². The summed E-state index contributed by atoms with van der Waals surface area (Å²) in [6.07, 6.45) is 6.59. The van der Waals surface area contributed by atoms with E-state index in [1.165, 1.54) is 4.90 Å². The van der Waals surface area contributed by atoms with Crippen molar-refractivity contribution in [2.45, 2.75) is 36.7 Å². The highest BCUT2D eigenvalue weighted by Gasteiger charge is 2.52. The van der Waals surface area contributed by atoms with Gasteiger partial charge in [0.25, 0.3) is 11.8 Å². The van der Waals surface area contributed by atoms with E-state index in [0.29, 0.717) is 31.5 Å². The molecule has 2 aliphatic heterocycles. The Balaban J connectivity index is 1.43. The van der Waals surface area contributed by atoms with Gasteiger partial charge in [0.05, 0.1) is 12.1 Å². The number of pyridine rings is 1. The third kappa shape index (κ3) is 4.04. The molecule has 4 amide bonds. The van der Waals surface area contributed by atoms with E-state index in [2.05, 4.69) is 10.3 Å². The molecule has 0 spiro atoms. The van der Waals surface area contributed by atoms with Gasteiger partial charge in [-0.25, -0.2) is 4.79 Å². The minimum absolute atomic E-state index is 0.0220. The Morgan fingerprint density at radius 1 is 1.16 bits per heavy atom. The number of benzene rings is 1. The summed E-state index contributed by atoms with van der Waals surface area (Å²) in [6, 6.07) is 10.9. The molecule has 2 aromatic rings. The first kappa shape index (κ1) is 21.4. The van der Waals surface area contributed by atoms with Crippen molar-refractivity contribution in [1.29, 1.82) is 0 Å². The van der Waals surface area contributed by atoms with Gasteiger partial charge in [0.15, 0.2) is 0 Å². The number of urea groups is 1. The van der Waals surface area contributed by atoms with Crippen molar-refractivity contribution in [3.05, 3.63) is 59.9 Å². The number of carbonyl (C=O) groups excluding carboxylic acids is 3. The average Bonchev–Trinajstić information content (AvgIpc) is 3.03. The number of nitrogens with zero attached hydrogens (tertiary/aromatic N) is 3. The summed E-state index contributed by atoms with van der Waals surface area (Å²) in [4.78, 5) is 46.9. The zero-order chi connectivity index (χ0) is 22.0. The Bertz CT molecular complexity index is 991. The number of aromatic nitrogens is 1. The van der Waals surface area contributed by atoms with E-state index < -0.39 is 5.54 Å². The van der Waals surface area contributed by atoms with E-state index in [1.807, 2.05) is 42.3 Å². The van der Waals surface area contributed by atoms with Gasteiger partial charge < -0.3 is 10.2 Å². The molecule has 2 fully saturated rings. The van der Waals surface area contributed by atoms with Crippen molar-refractivity contribution >= 4 is 29.6 Å². The molecule has 1 atom stereocenters. The van der Waals surface area contributed by atoms with E-state index in [-0.39, 0.29) is 30.3 Å². The van der Waals surface area contributed by atoms with Crippen LogP contribution in [0.1, 0.15) is 35.7 Å². The van der Waals surface area contributed by atoms with Crippen LogP contribution in [0.2, 0.25) is 0 Å². The first-order chi connectivity index (χ1) is 14.9. The van der Waals surface area contributed by atoms with Crippen LogP contribution in [0.25, 0.3) is 0 Å². The van der Waals surface area contributed by atoms with Crippen molar-refractivity contribution in [3.8, 4) is 0 Å². The summed E-state index contributed by atoms with van der Waals surface area (Å²) >= 11 is 1.56. The Morgan fingerprint density at radius 2 is 1.84 bits per heavy atom. The normalized spacial score (nSPS) is 22.0. The van der Waals surface area contributed by atoms with Gasteiger partial charge in [-0.05, 0) is 61.8 Å². The van der Waals surface area contributed by atoms with Crippen LogP contribution >= 0.6 is 11.8 Å². The van der Waals surface area contributed by atoms with Crippen LogP contribution in [0.15, 0.2) is 53.7 Å². The fraction of sp³-hybridized carbons (Fsp3) is 0.391. The third-order valence-corrected chi connectivity index (χ3v) is 7.12. The van der Waals surface area contributed by atoms with Gasteiger partial charge in [0.2, 0.25) is 0 Å². The van der Waals surface area contributed by atoms with Crippen molar-refractivity contribution in [2.75, 3.05) is 19.3 Å². The van der Waals surface area contributed by atoms with E-state index >= 15 is 0 Å². The number of amides is 4. The molecule has 2 saturated heterocycles. The maximum absolute atomic E-state index is 13.2. The van der Waals surface area contributed by atoms with Crippen molar-refractivity contribution < 1.29 is 14.4 Å². The summed E-state index contributed by atoms with van der Waals surface area (Å²) in [7, 11) is 0. The molecule has 1 unspecified atom stereocenters. The first-order valence-electron chi connectivity index (χ1n) is 10.4. The monoisotopic (exact) mass is 438 g/mol. The molecule has 1 N–H and O–H groups in total. The van der Waals surface area contributed by atoms with E-state index in [9.17, 15) is 14.4 Å². The number of nitrogens with one attached hydrogen (secondary N) is 1. The maximum Gasteiger partial charge on any atom is 0.325 e. The Morgan fingerprint density at radius 3 is 2.52 bits per heavy atom. The topological polar surface area (TPSA) is 82.6 Å². The molecule has 7 nitrogen and oxygen atoms in total. The average molecular weight is 439 g/mol. The standard InChI is InChI=1S/C23H26N4O3S/c1-23(21(29)27(22(30)25-23)15-16-7-11-24-12-8-16)17-9-13-26(14-10-17)20(28)18-5-3-4-6-19(18)31-2/h3-8,11-12,17H,9-10,13-15H2,1-2H3,(H,25,30). The lowest BCUT2D eigenvalue weighted by Gasteiger charge is -2.39. The molecule has 1 aromatic heterocycles. The zero-order valence-corrected chi connectivity index (χ0v) is 18.5. The number of hydrogen-bond acceptors (Lipinski definition) is 5. The van der Waals surface area contributed by atoms with Crippen LogP contribution in [-0.2, 0) is 11.3 Å². The zero-order valence-electron chi connectivity index (χ0n) is 17.7. The molecule has 0 radical (unpaired) electrons. The second kappa shape index (κ2) is 8.70. The molecule has 31 heavy (non-hydrogen) atoms. The predicted molar refractivity (Wildman–Crippen MR) is 119 cm³/mol. The number of imide groups is 1. The van der Waals surface area contributed by atoms with E-state index in [4.69, 9.17) is 0 Å². The Kier molecular flexibility index (Phi) is 6.00. The second-order valence-corrected chi connectivity index (χ2v) is 8.99. The lowest BCUT2D eigenvalue weighted by atomic mass is 9.78. The Hall–Kier alpha value is -2.87. The Labute approximate surface area is 186 Å². The molecule has 0 aliphatic carbocycles. The SMILES string of the molecule is CSc1ccccc1C(=O)N1CCC(C2(C)NC(=O)N(Cc3ccncc3)C2=O)CC1. The molecular formula is C23H26N4O3S. The minimum atomic E-state index is -0.948. The fourth-order valence-corrected chi connectivity index (χ4v) is 5.05. The smallest absolute Gasteiger partial charge is 0.325 e. The van der Waals surface area contributed by atoms with E-state index in [1.54, 1.807) is 36.3 Å². The quantitative estimate of drug-likeness (QED) is 0.573. The van der Waals surface area contributed by atoms with Crippen LogP contribution in [-0.4, -0.2) is 57.5 Å². The van der Waals surface area contributed by atoms with Crippen LogP contribution in [0.4, 0.5) is 4.79 Å². The largest absolute Gasteiger partial charge is 0.339 e. The van der Waals surface area contributed by atoms with Crippen molar-refractivity contribution in [2.24, 2.45) is 5.92 Å². The van der Waals surface area contributed by atoms with Crippen LogP contribution < -0.4 is 5.32 Å². The number of likely N-dealkylation sites (tertiary alicyclic amines) is 1. The minimum Gasteiger partial charge on any atom is -0.339 e. The lowest BCUT2D eigenvalue weighted by molar-refractivity contribution is -0.133. The summed E-state index contributed by atoms with van der Waals surface area (Å²) in [5.74, 6) is -0.201. The molecule has 0 saturated carbocycles. The molecular weight excluding hydrogens is 412 g/mol. The number of piperidine rings is 1. The first-order valence-corrected chi connectivity index (χ1v) is 11.6. The summed E-state index contributed by atoms with van der Waals surface area (Å²) in [5.41, 5.74) is 0.625. The van der Waals surface area contributed by atoms with Crippen molar-refractivity contribution in [1.82, 2.24) is 20.1 Å². The van der Waals surface area contributed by atoms with Crippen LogP contribution in [0.5, 0.6) is 0 Å². The molecule has 3 heterocycles. The number of rotatable bonds is 5. The molecule has 1 aromatic carbocycles. The fourth-order valence-electron chi connectivity index (χ4n) is 4.46. The molecule has 0 bridgehead atoms. The summed E-state index contributed by atoms with van der Waals surface area (Å²) < 4.78 is 0. The van der Waals surface area contributed by atoms with Gasteiger partial charge >= 0.3 is 6.03 Å². The highest BCUT2D eigenvalue weighted by Crippen LogP contribution is 2.34. The summed E-state index contributed by atoms with van der Waals surface area (Å²) in [6.45, 7) is 3.17.